The fraction of sp³-hybridized carbons (Fsp3) is 0.600. The van der Waals surface area contributed by atoms with Gasteiger partial charge in [0.05, 0.1) is 0 Å². The summed E-state index contributed by atoms with van der Waals surface area (Å²) in [4.78, 5) is 2.30. The van der Waals surface area contributed by atoms with Gasteiger partial charge in [0, 0.05) is 30.4 Å². The average molecular weight is 302 g/mol. The highest BCUT2D eigenvalue weighted by molar-refractivity contribution is 5.49. The van der Waals surface area contributed by atoms with Crippen molar-refractivity contribution < 1.29 is 17.9 Å². The number of piperidine rings is 1. The molecule has 6 heteroatoms. The first-order valence-corrected chi connectivity index (χ1v) is 7.07. The molecule has 0 saturated carbocycles. The molecule has 1 N–H and O–H groups in total. The Kier molecular flexibility index (Phi) is 4.66. The Labute approximate surface area is 123 Å². The average Bonchev–Trinajstić information content (AvgIpc) is 2.34. The van der Waals surface area contributed by atoms with E-state index in [0.29, 0.717) is 17.6 Å². The largest absolute Gasteiger partial charge is 0.573 e. The molecule has 2 rings (SSSR count). The second-order valence-corrected chi connectivity index (χ2v) is 5.83. The Morgan fingerprint density at radius 1 is 1.29 bits per heavy atom. The monoisotopic (exact) mass is 302 g/mol. The summed E-state index contributed by atoms with van der Waals surface area (Å²) in [5.74, 6) is 0.236. The molecule has 118 valence electrons. The van der Waals surface area contributed by atoms with E-state index in [9.17, 15) is 13.2 Å². The smallest absolute Gasteiger partial charge is 0.406 e. The van der Waals surface area contributed by atoms with Crippen molar-refractivity contribution in [1.82, 2.24) is 4.90 Å². The molecule has 1 aliphatic rings. The number of hydrogen-bond donors (Lipinski definition) is 1. The second kappa shape index (κ2) is 6.13. The summed E-state index contributed by atoms with van der Waals surface area (Å²) in [5.41, 5.74) is 0.658. The van der Waals surface area contributed by atoms with Crippen LogP contribution in [0.4, 0.5) is 18.9 Å². The Morgan fingerprint density at radius 3 is 2.67 bits per heavy atom. The summed E-state index contributed by atoms with van der Waals surface area (Å²) in [5, 5.41) is 3.33. The molecule has 0 radical (unpaired) electrons. The van der Waals surface area contributed by atoms with E-state index in [4.69, 9.17) is 0 Å². The van der Waals surface area contributed by atoms with Crippen molar-refractivity contribution in [2.24, 2.45) is 5.92 Å². The first kappa shape index (κ1) is 15.9. The van der Waals surface area contributed by atoms with Gasteiger partial charge in [-0.2, -0.15) is 0 Å². The summed E-state index contributed by atoms with van der Waals surface area (Å²) in [6.07, 6.45) is -3.70. The number of benzene rings is 1. The van der Waals surface area contributed by atoms with Crippen LogP contribution in [0.2, 0.25) is 0 Å². The molecule has 1 saturated heterocycles. The van der Waals surface area contributed by atoms with E-state index in [1.165, 1.54) is 12.1 Å². The molecule has 3 atom stereocenters. The van der Waals surface area contributed by atoms with E-state index in [2.05, 4.69) is 35.8 Å². The van der Waals surface area contributed by atoms with Crippen molar-refractivity contribution in [2.45, 2.75) is 38.7 Å². The fourth-order valence-electron chi connectivity index (χ4n) is 2.74. The van der Waals surface area contributed by atoms with Crippen LogP contribution >= 0.6 is 0 Å². The third-order valence-corrected chi connectivity index (χ3v) is 4.03. The molecule has 0 aromatic heterocycles. The van der Waals surface area contributed by atoms with E-state index in [0.717, 1.165) is 13.0 Å². The Hall–Kier alpha value is -1.43. The van der Waals surface area contributed by atoms with Gasteiger partial charge >= 0.3 is 6.36 Å². The first-order valence-electron chi connectivity index (χ1n) is 7.07. The van der Waals surface area contributed by atoms with Gasteiger partial charge in [-0.25, -0.2) is 0 Å². The zero-order valence-electron chi connectivity index (χ0n) is 12.4. The van der Waals surface area contributed by atoms with Gasteiger partial charge < -0.3 is 15.0 Å². The minimum absolute atomic E-state index is 0.193. The lowest BCUT2D eigenvalue weighted by molar-refractivity contribution is -0.274. The Morgan fingerprint density at radius 2 is 2.00 bits per heavy atom. The summed E-state index contributed by atoms with van der Waals surface area (Å²) in [6.45, 7) is 5.28. The van der Waals surface area contributed by atoms with Gasteiger partial charge in [-0.05, 0) is 38.4 Å². The topological polar surface area (TPSA) is 24.5 Å². The molecule has 0 spiro atoms. The second-order valence-electron chi connectivity index (χ2n) is 5.83. The molecule has 1 fully saturated rings. The quantitative estimate of drug-likeness (QED) is 0.921. The van der Waals surface area contributed by atoms with E-state index in [-0.39, 0.29) is 11.8 Å². The number of nitrogens with one attached hydrogen (secondary N) is 1. The van der Waals surface area contributed by atoms with Gasteiger partial charge in [-0.3, -0.25) is 0 Å². The molecule has 3 unspecified atom stereocenters. The zero-order valence-corrected chi connectivity index (χ0v) is 12.4. The van der Waals surface area contributed by atoms with Crippen LogP contribution in [0.3, 0.4) is 0 Å². The molecule has 0 amide bonds. The highest BCUT2D eigenvalue weighted by Crippen LogP contribution is 2.28. The van der Waals surface area contributed by atoms with Crippen LogP contribution in [-0.4, -0.2) is 36.9 Å². The Bertz CT molecular complexity index is 478. The fourth-order valence-corrected chi connectivity index (χ4v) is 2.74. The molecule has 1 heterocycles. The molecular formula is C15H21F3N2O. The molecular weight excluding hydrogens is 281 g/mol. The standard InChI is InChI=1S/C15H21F3N2O/c1-10-9-20(3)11(2)7-14(10)19-12-5-4-6-13(8-12)21-15(16,17)18/h4-6,8,10-11,14,19H,7,9H2,1-3H3. The first-order chi connectivity index (χ1) is 9.74. The van der Waals surface area contributed by atoms with Gasteiger partial charge in [0.15, 0.2) is 0 Å². The molecule has 3 nitrogen and oxygen atoms in total. The highest BCUT2D eigenvalue weighted by atomic mass is 19.4. The predicted molar refractivity (Wildman–Crippen MR) is 76.4 cm³/mol. The van der Waals surface area contributed by atoms with Gasteiger partial charge in [0.1, 0.15) is 5.75 Å². The number of anilines is 1. The normalized spacial score (nSPS) is 27.4. The van der Waals surface area contributed by atoms with Crippen molar-refractivity contribution in [3.05, 3.63) is 24.3 Å². The number of ether oxygens (including phenoxy) is 1. The van der Waals surface area contributed by atoms with Crippen molar-refractivity contribution in [3.8, 4) is 5.75 Å². The van der Waals surface area contributed by atoms with Crippen molar-refractivity contribution >= 4 is 5.69 Å². The van der Waals surface area contributed by atoms with E-state index < -0.39 is 6.36 Å². The summed E-state index contributed by atoms with van der Waals surface area (Å²) >= 11 is 0. The summed E-state index contributed by atoms with van der Waals surface area (Å²) < 4.78 is 40.7. The minimum Gasteiger partial charge on any atom is -0.406 e. The number of nitrogens with zero attached hydrogens (tertiary/aromatic N) is 1. The van der Waals surface area contributed by atoms with Crippen molar-refractivity contribution in [2.75, 3.05) is 18.9 Å². The van der Waals surface area contributed by atoms with Crippen LogP contribution in [0.25, 0.3) is 0 Å². The van der Waals surface area contributed by atoms with E-state index in [1.54, 1.807) is 12.1 Å². The lowest BCUT2D eigenvalue weighted by Gasteiger charge is -2.40. The lowest BCUT2D eigenvalue weighted by atomic mass is 9.89. The van der Waals surface area contributed by atoms with Crippen LogP contribution in [0.1, 0.15) is 20.3 Å². The number of hydrogen-bond acceptors (Lipinski definition) is 3. The van der Waals surface area contributed by atoms with Gasteiger partial charge in [0.25, 0.3) is 0 Å². The SMILES string of the molecule is CC1CN(C)C(C)CC1Nc1cccc(OC(F)(F)F)c1. The summed E-state index contributed by atoms with van der Waals surface area (Å²) in [7, 11) is 2.09. The van der Waals surface area contributed by atoms with Crippen LogP contribution in [0.5, 0.6) is 5.75 Å². The van der Waals surface area contributed by atoms with Crippen LogP contribution in [0.15, 0.2) is 24.3 Å². The van der Waals surface area contributed by atoms with Crippen LogP contribution in [0, 0.1) is 5.92 Å². The molecule has 0 bridgehead atoms. The zero-order chi connectivity index (χ0) is 15.6. The Balaban J connectivity index is 2.04. The number of rotatable bonds is 3. The molecule has 1 aliphatic heterocycles. The van der Waals surface area contributed by atoms with E-state index >= 15 is 0 Å². The third-order valence-electron chi connectivity index (χ3n) is 4.03. The highest BCUT2D eigenvalue weighted by Gasteiger charge is 2.31. The predicted octanol–water partition coefficient (Wildman–Crippen LogP) is 3.73. The van der Waals surface area contributed by atoms with Gasteiger partial charge in [0.2, 0.25) is 0 Å². The van der Waals surface area contributed by atoms with Gasteiger partial charge in [-0.1, -0.05) is 13.0 Å². The maximum absolute atomic E-state index is 12.2. The molecule has 21 heavy (non-hydrogen) atoms. The van der Waals surface area contributed by atoms with E-state index in [1.807, 2.05) is 0 Å². The van der Waals surface area contributed by atoms with Gasteiger partial charge in [-0.15, -0.1) is 13.2 Å². The molecule has 0 aliphatic carbocycles. The van der Waals surface area contributed by atoms with Crippen molar-refractivity contribution in [1.29, 1.82) is 0 Å². The number of likely N-dealkylation sites (tertiary alicyclic amines) is 1. The maximum Gasteiger partial charge on any atom is 0.573 e. The third kappa shape index (κ3) is 4.52. The maximum atomic E-state index is 12.2. The number of halogens is 3. The lowest BCUT2D eigenvalue weighted by Crippen LogP contribution is -2.48. The van der Waals surface area contributed by atoms with Crippen LogP contribution in [-0.2, 0) is 0 Å². The van der Waals surface area contributed by atoms with Crippen LogP contribution < -0.4 is 10.1 Å². The number of alkyl halides is 3. The molecule has 1 aromatic rings. The molecule has 1 aromatic carbocycles. The summed E-state index contributed by atoms with van der Waals surface area (Å²) in [6, 6.07) is 6.72. The van der Waals surface area contributed by atoms with Crippen molar-refractivity contribution in [3.63, 3.8) is 0 Å². The minimum atomic E-state index is -4.66.